The fraction of sp³-hybridized carbons (Fsp3) is 0.667. The third kappa shape index (κ3) is 2.52. The molecule has 7 rings (SSSR count). The van der Waals surface area contributed by atoms with E-state index in [1.165, 1.54) is 24.0 Å². The smallest absolute Gasteiger partial charge is 0.320 e. The predicted octanol–water partition coefficient (Wildman–Crippen LogP) is 1.95. The second-order valence-corrected chi connectivity index (χ2v) is 10.8. The topological polar surface area (TPSA) is 72.9 Å². The standard InChI is InChI=1S/C24H31N3O3/c1-26-22(30)27(14-24(26)11-16-4-2-3-5-17(16)12-24)21-18-6-15-7-19(21)10-23(8-15,9-18)25-20(29)13-28/h2-5,15,18-19,21,28H,6-14H2,1H3,(H,25,29). The lowest BCUT2D eigenvalue weighted by Crippen LogP contribution is -2.67. The molecule has 160 valence electrons. The molecule has 1 saturated heterocycles. The van der Waals surface area contributed by atoms with Gasteiger partial charge < -0.3 is 20.2 Å². The first-order chi connectivity index (χ1) is 14.4. The van der Waals surface area contributed by atoms with Crippen LogP contribution in [0, 0.1) is 17.8 Å². The van der Waals surface area contributed by atoms with E-state index in [4.69, 9.17) is 0 Å². The number of carbonyl (C=O) groups is 2. The number of likely N-dealkylation sites (N-methyl/N-ethyl adjacent to an activating group) is 1. The predicted molar refractivity (Wildman–Crippen MR) is 112 cm³/mol. The lowest BCUT2D eigenvalue weighted by atomic mass is 9.50. The lowest BCUT2D eigenvalue weighted by molar-refractivity contribution is -0.132. The summed E-state index contributed by atoms with van der Waals surface area (Å²) < 4.78 is 0. The van der Waals surface area contributed by atoms with E-state index in [0.717, 1.165) is 38.6 Å². The first kappa shape index (κ1) is 18.7. The summed E-state index contributed by atoms with van der Waals surface area (Å²) in [6.07, 6.45) is 7.14. The number of aliphatic hydroxyl groups excluding tert-OH is 1. The van der Waals surface area contributed by atoms with E-state index < -0.39 is 6.61 Å². The number of fused-ring (bicyclic) bond motifs is 1. The quantitative estimate of drug-likeness (QED) is 0.802. The molecule has 1 aliphatic heterocycles. The summed E-state index contributed by atoms with van der Waals surface area (Å²) >= 11 is 0. The number of hydrogen-bond acceptors (Lipinski definition) is 3. The summed E-state index contributed by atoms with van der Waals surface area (Å²) in [6, 6.07) is 9.10. The van der Waals surface area contributed by atoms with Crippen LogP contribution in [0.1, 0.15) is 43.2 Å². The Hall–Kier alpha value is -2.08. The lowest BCUT2D eigenvalue weighted by Gasteiger charge is -2.61. The van der Waals surface area contributed by atoms with Gasteiger partial charge in [0.15, 0.2) is 0 Å². The molecule has 1 spiro atoms. The Balaban J connectivity index is 1.26. The third-order valence-corrected chi connectivity index (χ3v) is 9.00. The summed E-state index contributed by atoms with van der Waals surface area (Å²) in [5.41, 5.74) is 2.49. The van der Waals surface area contributed by atoms with Gasteiger partial charge in [0.2, 0.25) is 5.91 Å². The molecular formula is C24H31N3O3. The van der Waals surface area contributed by atoms with Crippen LogP contribution in [0.5, 0.6) is 0 Å². The minimum Gasteiger partial charge on any atom is -0.387 e. The zero-order valence-electron chi connectivity index (χ0n) is 17.6. The Kier molecular flexibility index (Phi) is 3.87. The number of rotatable bonds is 3. The van der Waals surface area contributed by atoms with Crippen molar-refractivity contribution in [3.05, 3.63) is 35.4 Å². The van der Waals surface area contributed by atoms with Gasteiger partial charge in [-0.25, -0.2) is 4.79 Å². The van der Waals surface area contributed by atoms with Gasteiger partial charge >= 0.3 is 6.03 Å². The van der Waals surface area contributed by atoms with Gasteiger partial charge in [0.1, 0.15) is 6.61 Å². The summed E-state index contributed by atoms with van der Waals surface area (Å²) in [6.45, 7) is 0.374. The average Bonchev–Trinajstić information content (AvgIpc) is 3.19. The van der Waals surface area contributed by atoms with Crippen LogP contribution in [0.25, 0.3) is 0 Å². The Morgan fingerprint density at radius 2 is 1.77 bits per heavy atom. The maximum Gasteiger partial charge on any atom is 0.320 e. The third-order valence-electron chi connectivity index (χ3n) is 9.00. The van der Waals surface area contributed by atoms with E-state index in [9.17, 15) is 14.7 Å². The van der Waals surface area contributed by atoms with Gasteiger partial charge in [-0.1, -0.05) is 24.3 Å². The van der Waals surface area contributed by atoms with Crippen LogP contribution in [0.3, 0.4) is 0 Å². The Morgan fingerprint density at radius 3 is 2.37 bits per heavy atom. The highest BCUT2D eigenvalue weighted by Crippen LogP contribution is 2.58. The number of nitrogens with zero attached hydrogens (tertiary/aromatic N) is 2. The minimum atomic E-state index is -0.441. The van der Waals surface area contributed by atoms with Gasteiger partial charge in [-0.05, 0) is 73.8 Å². The second-order valence-electron chi connectivity index (χ2n) is 10.8. The summed E-state index contributed by atoms with van der Waals surface area (Å²) in [5, 5.41) is 12.4. The highest BCUT2D eigenvalue weighted by atomic mass is 16.3. The molecule has 2 atom stereocenters. The van der Waals surface area contributed by atoms with Crippen LogP contribution in [-0.4, -0.2) is 64.2 Å². The maximum atomic E-state index is 13.5. The summed E-state index contributed by atoms with van der Waals surface area (Å²) in [7, 11) is 1.99. The molecule has 30 heavy (non-hydrogen) atoms. The van der Waals surface area contributed by atoms with Crippen molar-refractivity contribution in [2.75, 3.05) is 20.2 Å². The highest BCUT2D eigenvalue weighted by molar-refractivity contribution is 5.79. The normalized spacial score (nSPS) is 37.9. The zero-order chi connectivity index (χ0) is 20.7. The molecule has 5 fully saturated rings. The molecule has 0 radical (unpaired) electrons. The second kappa shape index (κ2) is 6.22. The van der Waals surface area contributed by atoms with Crippen molar-refractivity contribution >= 4 is 11.9 Å². The van der Waals surface area contributed by atoms with Crippen molar-refractivity contribution in [1.82, 2.24) is 15.1 Å². The van der Waals surface area contributed by atoms with Gasteiger partial charge in [0.05, 0.1) is 5.54 Å². The molecule has 6 nitrogen and oxygen atoms in total. The summed E-state index contributed by atoms with van der Waals surface area (Å²) in [4.78, 5) is 29.7. The van der Waals surface area contributed by atoms with Gasteiger partial charge in [-0.3, -0.25) is 4.79 Å². The van der Waals surface area contributed by atoms with Crippen molar-refractivity contribution in [1.29, 1.82) is 0 Å². The maximum absolute atomic E-state index is 13.5. The first-order valence-corrected chi connectivity index (χ1v) is 11.5. The van der Waals surface area contributed by atoms with Crippen molar-refractivity contribution in [3.8, 4) is 0 Å². The Labute approximate surface area is 177 Å². The molecule has 2 N–H and O–H groups in total. The van der Waals surface area contributed by atoms with E-state index in [-0.39, 0.29) is 23.0 Å². The van der Waals surface area contributed by atoms with Crippen LogP contribution in [-0.2, 0) is 17.6 Å². The Morgan fingerprint density at radius 1 is 1.13 bits per heavy atom. The van der Waals surface area contributed by atoms with Crippen LogP contribution in [0.2, 0.25) is 0 Å². The molecule has 1 aromatic carbocycles. The van der Waals surface area contributed by atoms with E-state index >= 15 is 0 Å². The number of hydrogen-bond donors (Lipinski definition) is 2. The van der Waals surface area contributed by atoms with Gasteiger partial charge in [-0.15, -0.1) is 0 Å². The minimum absolute atomic E-state index is 0.113. The molecular weight excluding hydrogens is 378 g/mol. The Bertz CT molecular complexity index is 874. The fourth-order valence-corrected chi connectivity index (χ4v) is 8.14. The van der Waals surface area contributed by atoms with Gasteiger partial charge in [0, 0.05) is 25.2 Å². The van der Waals surface area contributed by atoms with E-state index in [1.54, 1.807) is 0 Å². The molecule has 6 aliphatic rings. The molecule has 6 heteroatoms. The number of benzene rings is 1. The highest BCUT2D eigenvalue weighted by Gasteiger charge is 2.61. The van der Waals surface area contributed by atoms with Crippen LogP contribution >= 0.6 is 0 Å². The number of aliphatic hydroxyl groups is 1. The van der Waals surface area contributed by atoms with Crippen molar-refractivity contribution in [3.63, 3.8) is 0 Å². The first-order valence-electron chi connectivity index (χ1n) is 11.5. The van der Waals surface area contributed by atoms with Gasteiger partial charge in [-0.2, -0.15) is 0 Å². The van der Waals surface area contributed by atoms with E-state index in [1.807, 2.05) is 11.9 Å². The largest absolute Gasteiger partial charge is 0.387 e. The van der Waals surface area contributed by atoms with Crippen molar-refractivity contribution in [2.45, 2.75) is 62.1 Å². The average molecular weight is 410 g/mol. The number of nitrogens with one attached hydrogen (secondary N) is 1. The van der Waals surface area contributed by atoms with Crippen LogP contribution in [0.15, 0.2) is 24.3 Å². The van der Waals surface area contributed by atoms with Crippen LogP contribution < -0.4 is 5.32 Å². The molecule has 2 unspecified atom stereocenters. The van der Waals surface area contributed by atoms with E-state index in [2.05, 4.69) is 34.5 Å². The molecule has 4 saturated carbocycles. The molecule has 0 aromatic heterocycles. The molecule has 1 heterocycles. The van der Waals surface area contributed by atoms with Gasteiger partial charge in [0.25, 0.3) is 0 Å². The SMILES string of the molecule is CN1C(=O)N(C2C3CC4CC2CC(NC(=O)CO)(C4)C3)CC12Cc1ccccc1C2. The monoisotopic (exact) mass is 409 g/mol. The molecule has 1 aromatic rings. The zero-order valence-corrected chi connectivity index (χ0v) is 17.6. The number of urea groups is 1. The van der Waals surface area contributed by atoms with Crippen molar-refractivity contribution in [2.24, 2.45) is 17.8 Å². The molecule has 3 amide bonds. The molecule has 5 aliphatic carbocycles. The number of amides is 3. The van der Waals surface area contributed by atoms with E-state index in [0.29, 0.717) is 23.8 Å². The van der Waals surface area contributed by atoms with Crippen molar-refractivity contribution < 1.29 is 14.7 Å². The fourth-order valence-electron chi connectivity index (χ4n) is 8.14. The van der Waals surface area contributed by atoms with Crippen LogP contribution in [0.4, 0.5) is 4.79 Å². The summed E-state index contributed by atoms with van der Waals surface area (Å²) in [5.74, 6) is 1.28. The molecule has 4 bridgehead atoms. The number of carbonyl (C=O) groups excluding carboxylic acids is 2.